The molecule has 1 atom stereocenters. The van der Waals surface area contributed by atoms with Crippen LogP contribution in [0.15, 0.2) is 72.8 Å². The molecule has 1 aliphatic rings. The average Bonchev–Trinajstić information content (AvgIpc) is 3.21. The van der Waals surface area contributed by atoms with Gasteiger partial charge in [-0.05, 0) is 39.0 Å². The van der Waals surface area contributed by atoms with Crippen LogP contribution in [0.2, 0.25) is 0 Å². The second kappa shape index (κ2) is 9.31. The quantitative estimate of drug-likeness (QED) is 0.363. The van der Waals surface area contributed by atoms with Crippen molar-refractivity contribution in [3.63, 3.8) is 0 Å². The van der Waals surface area contributed by atoms with Gasteiger partial charge in [-0.15, -0.1) is 0 Å². The average molecular weight is 494 g/mol. The first-order valence-corrected chi connectivity index (χ1v) is 11.7. The molecule has 0 spiro atoms. The molecule has 5 rings (SSSR count). The van der Waals surface area contributed by atoms with Crippen molar-refractivity contribution < 1.29 is 23.9 Å². The van der Waals surface area contributed by atoms with Gasteiger partial charge in [-0.1, -0.05) is 54.6 Å². The highest BCUT2D eigenvalue weighted by Gasteiger charge is 2.32. The van der Waals surface area contributed by atoms with E-state index in [0.29, 0.717) is 17.0 Å². The zero-order chi connectivity index (χ0) is 26.3. The Bertz CT molecular complexity index is 1590. The van der Waals surface area contributed by atoms with Crippen molar-refractivity contribution in [1.29, 1.82) is 0 Å². The number of nitrogens with zero attached hydrogens (tertiary/aromatic N) is 2. The number of benzene rings is 3. The van der Waals surface area contributed by atoms with Gasteiger partial charge in [0.2, 0.25) is 0 Å². The number of rotatable bonds is 5. The molecule has 184 valence electrons. The van der Waals surface area contributed by atoms with Crippen LogP contribution in [0.1, 0.15) is 60.5 Å². The summed E-state index contributed by atoms with van der Waals surface area (Å²) in [5, 5.41) is 7.11. The zero-order valence-electron chi connectivity index (χ0n) is 20.4. The molecule has 0 radical (unpaired) electrons. The van der Waals surface area contributed by atoms with Gasteiger partial charge in [-0.3, -0.25) is 14.4 Å². The molecule has 1 aromatic heterocycles. The molecule has 0 aliphatic heterocycles. The Labute approximate surface area is 212 Å². The smallest absolute Gasteiger partial charge is 0.342 e. The van der Waals surface area contributed by atoms with Crippen molar-refractivity contribution in [2.24, 2.45) is 0 Å². The van der Waals surface area contributed by atoms with Crippen molar-refractivity contribution in [3.05, 3.63) is 112 Å². The third-order valence-electron chi connectivity index (χ3n) is 6.36. The number of hydrogen-bond acceptors (Lipinski definition) is 6. The predicted octanol–water partition coefficient (Wildman–Crippen LogP) is 4.45. The van der Waals surface area contributed by atoms with E-state index >= 15 is 0 Å². The normalized spacial score (nSPS) is 12.9. The van der Waals surface area contributed by atoms with Crippen molar-refractivity contribution in [1.82, 2.24) is 9.78 Å². The van der Waals surface area contributed by atoms with Crippen LogP contribution in [0.5, 0.6) is 0 Å². The SMILES string of the molecule is Cc1nn(-c2ccccc2)c(C)c1C(=O)OC(C)C(=O)Nc1cccc2c1C(=O)c1ccccc1C2=O. The Hall–Kier alpha value is -4.85. The van der Waals surface area contributed by atoms with E-state index in [1.165, 1.54) is 6.92 Å². The fourth-order valence-corrected chi connectivity index (χ4v) is 4.52. The maximum atomic E-state index is 13.2. The van der Waals surface area contributed by atoms with E-state index in [9.17, 15) is 19.2 Å². The van der Waals surface area contributed by atoms with Gasteiger partial charge in [0.25, 0.3) is 5.91 Å². The summed E-state index contributed by atoms with van der Waals surface area (Å²) < 4.78 is 7.12. The molecule has 1 aliphatic carbocycles. The number of para-hydroxylation sites is 1. The highest BCUT2D eigenvalue weighted by molar-refractivity contribution is 6.30. The minimum absolute atomic E-state index is 0.119. The summed E-state index contributed by atoms with van der Waals surface area (Å²) in [5.41, 5.74) is 3.25. The molecule has 37 heavy (non-hydrogen) atoms. The molecule has 1 amide bonds. The van der Waals surface area contributed by atoms with E-state index in [0.717, 1.165) is 5.69 Å². The minimum Gasteiger partial charge on any atom is -0.449 e. The van der Waals surface area contributed by atoms with Crippen LogP contribution in [0.3, 0.4) is 0 Å². The number of aryl methyl sites for hydroxylation is 1. The third-order valence-corrected chi connectivity index (χ3v) is 6.36. The molecule has 4 aromatic rings. The molecule has 1 heterocycles. The number of ether oxygens (including phenoxy) is 1. The lowest BCUT2D eigenvalue weighted by Crippen LogP contribution is -2.31. The van der Waals surface area contributed by atoms with Gasteiger partial charge in [0.1, 0.15) is 5.56 Å². The Balaban J connectivity index is 1.36. The number of carbonyl (C=O) groups excluding carboxylic acids is 4. The van der Waals surface area contributed by atoms with Crippen molar-refractivity contribution in [2.45, 2.75) is 26.9 Å². The standard InChI is InChI=1S/C29H23N3O5/c1-16-24(17(2)32(31-16)19-10-5-4-6-11-19)29(36)37-18(3)28(35)30-23-15-9-14-22-25(23)27(34)21-13-8-7-12-20(21)26(22)33/h4-15,18H,1-3H3,(H,30,35). The first-order valence-electron chi connectivity index (χ1n) is 11.7. The number of aromatic nitrogens is 2. The molecule has 3 aromatic carbocycles. The van der Waals surface area contributed by atoms with Gasteiger partial charge in [0.05, 0.1) is 28.3 Å². The highest BCUT2D eigenvalue weighted by atomic mass is 16.5. The van der Waals surface area contributed by atoms with Gasteiger partial charge >= 0.3 is 5.97 Å². The van der Waals surface area contributed by atoms with Crippen molar-refractivity contribution in [3.8, 4) is 5.69 Å². The largest absolute Gasteiger partial charge is 0.449 e. The van der Waals surface area contributed by atoms with E-state index in [-0.39, 0.29) is 39.5 Å². The fourth-order valence-electron chi connectivity index (χ4n) is 4.52. The summed E-state index contributed by atoms with van der Waals surface area (Å²) in [7, 11) is 0. The Kier molecular flexibility index (Phi) is 6.01. The number of nitrogens with one attached hydrogen (secondary N) is 1. The van der Waals surface area contributed by atoms with Crippen molar-refractivity contribution in [2.75, 3.05) is 5.32 Å². The monoisotopic (exact) mass is 493 g/mol. The Morgan fingerprint density at radius 3 is 2.16 bits per heavy atom. The molecule has 8 heteroatoms. The summed E-state index contributed by atoms with van der Waals surface area (Å²) >= 11 is 0. The van der Waals surface area contributed by atoms with Crippen LogP contribution in [0.4, 0.5) is 5.69 Å². The van der Waals surface area contributed by atoms with Crippen LogP contribution in [-0.2, 0) is 9.53 Å². The molecule has 0 saturated carbocycles. The topological polar surface area (TPSA) is 107 Å². The third kappa shape index (κ3) is 4.12. The molecular weight excluding hydrogens is 470 g/mol. The van der Waals surface area contributed by atoms with Crippen LogP contribution >= 0.6 is 0 Å². The number of fused-ring (bicyclic) bond motifs is 2. The molecular formula is C29H23N3O5. The Morgan fingerprint density at radius 2 is 1.46 bits per heavy atom. The Morgan fingerprint density at radius 1 is 0.838 bits per heavy atom. The zero-order valence-corrected chi connectivity index (χ0v) is 20.4. The second-order valence-electron chi connectivity index (χ2n) is 8.76. The minimum atomic E-state index is -1.18. The van der Waals surface area contributed by atoms with Crippen LogP contribution < -0.4 is 5.32 Å². The molecule has 0 saturated heterocycles. The number of carbonyl (C=O) groups is 4. The van der Waals surface area contributed by atoms with Gasteiger partial charge in [0.15, 0.2) is 17.7 Å². The molecule has 1 N–H and O–H groups in total. The second-order valence-corrected chi connectivity index (χ2v) is 8.76. The fraction of sp³-hybridized carbons (Fsp3) is 0.138. The van der Waals surface area contributed by atoms with E-state index < -0.39 is 18.0 Å². The molecule has 8 nitrogen and oxygen atoms in total. The number of anilines is 1. The van der Waals surface area contributed by atoms with Gasteiger partial charge in [0, 0.05) is 16.7 Å². The van der Waals surface area contributed by atoms with Crippen LogP contribution in [0, 0.1) is 13.8 Å². The number of hydrogen-bond donors (Lipinski definition) is 1. The lowest BCUT2D eigenvalue weighted by atomic mass is 9.83. The summed E-state index contributed by atoms with van der Waals surface area (Å²) in [4.78, 5) is 52.1. The maximum absolute atomic E-state index is 13.2. The summed E-state index contributed by atoms with van der Waals surface area (Å²) in [6, 6.07) is 20.6. The van der Waals surface area contributed by atoms with E-state index in [1.807, 2.05) is 30.3 Å². The highest BCUT2D eigenvalue weighted by Crippen LogP contribution is 2.32. The summed E-state index contributed by atoms with van der Waals surface area (Å²) in [6.45, 7) is 4.90. The molecule has 0 fully saturated rings. The van der Waals surface area contributed by atoms with Gasteiger partial charge in [-0.2, -0.15) is 5.10 Å². The number of amides is 1. The van der Waals surface area contributed by atoms with E-state index in [1.54, 1.807) is 61.0 Å². The number of esters is 1. The van der Waals surface area contributed by atoms with E-state index in [2.05, 4.69) is 10.4 Å². The maximum Gasteiger partial charge on any atom is 0.342 e. The molecule has 1 unspecified atom stereocenters. The van der Waals surface area contributed by atoms with Crippen LogP contribution in [0.25, 0.3) is 5.69 Å². The van der Waals surface area contributed by atoms with Gasteiger partial charge < -0.3 is 10.1 Å². The lowest BCUT2D eigenvalue weighted by molar-refractivity contribution is -0.123. The van der Waals surface area contributed by atoms with Gasteiger partial charge in [-0.25, -0.2) is 9.48 Å². The lowest BCUT2D eigenvalue weighted by Gasteiger charge is -2.21. The first-order chi connectivity index (χ1) is 17.8. The first kappa shape index (κ1) is 23.9. The molecule has 0 bridgehead atoms. The summed E-state index contributed by atoms with van der Waals surface area (Å²) in [5.74, 6) is -1.96. The van der Waals surface area contributed by atoms with Crippen LogP contribution in [-0.4, -0.2) is 39.3 Å². The summed E-state index contributed by atoms with van der Waals surface area (Å²) in [6.07, 6.45) is -1.18. The number of ketones is 2. The van der Waals surface area contributed by atoms with E-state index in [4.69, 9.17) is 4.74 Å². The van der Waals surface area contributed by atoms with Crippen molar-refractivity contribution >= 4 is 29.1 Å². The predicted molar refractivity (Wildman–Crippen MR) is 136 cm³/mol.